The summed E-state index contributed by atoms with van der Waals surface area (Å²) >= 11 is 3.23. The summed E-state index contributed by atoms with van der Waals surface area (Å²) in [6.07, 6.45) is 0. The number of pyridine rings is 1. The molecule has 1 aromatic carbocycles. The van der Waals surface area contributed by atoms with Crippen LogP contribution < -0.4 is 0 Å². The van der Waals surface area contributed by atoms with Crippen molar-refractivity contribution in [2.75, 3.05) is 0 Å². The van der Waals surface area contributed by atoms with Crippen molar-refractivity contribution in [1.29, 1.82) is 0 Å². The van der Waals surface area contributed by atoms with Gasteiger partial charge in [-0.25, -0.2) is 14.6 Å². The molecule has 17 heavy (non-hydrogen) atoms. The third-order valence-electron chi connectivity index (χ3n) is 2.22. The average Bonchev–Trinajstić information content (AvgIpc) is 2.27. The molecule has 0 amide bonds. The van der Waals surface area contributed by atoms with Crippen molar-refractivity contribution in [2.45, 2.75) is 0 Å². The lowest BCUT2D eigenvalue weighted by Crippen LogP contribution is -2.06. The van der Waals surface area contributed by atoms with Gasteiger partial charge in [-0.15, -0.1) is 0 Å². The Morgan fingerprint density at radius 2 is 1.82 bits per heavy atom. The minimum Gasteiger partial charge on any atom is -0.478 e. The number of carboxylic acids is 2. The molecule has 0 fully saturated rings. The molecule has 2 aromatic rings. The Kier molecular flexibility index (Phi) is 2.81. The van der Waals surface area contributed by atoms with Gasteiger partial charge in [0.15, 0.2) is 0 Å². The first kappa shape index (κ1) is 11.5. The Bertz CT molecular complexity index is 639. The average molecular weight is 296 g/mol. The molecule has 0 atom stereocenters. The summed E-state index contributed by atoms with van der Waals surface area (Å²) in [5.41, 5.74) is -0.0172. The van der Waals surface area contributed by atoms with Crippen LogP contribution in [0.25, 0.3) is 10.9 Å². The van der Waals surface area contributed by atoms with E-state index in [-0.39, 0.29) is 11.3 Å². The molecule has 6 heteroatoms. The van der Waals surface area contributed by atoms with E-state index in [1.54, 1.807) is 18.2 Å². The van der Waals surface area contributed by atoms with Crippen molar-refractivity contribution in [3.05, 3.63) is 40.0 Å². The van der Waals surface area contributed by atoms with Crippen LogP contribution in [-0.2, 0) is 0 Å². The molecular weight excluding hydrogens is 290 g/mol. The first-order valence-electron chi connectivity index (χ1n) is 4.56. The highest BCUT2D eigenvalue weighted by atomic mass is 79.9. The van der Waals surface area contributed by atoms with Crippen LogP contribution in [-0.4, -0.2) is 27.1 Å². The quantitative estimate of drug-likeness (QED) is 0.888. The number of hydrogen-bond acceptors (Lipinski definition) is 3. The number of carbonyl (C=O) groups is 2. The summed E-state index contributed by atoms with van der Waals surface area (Å²) in [4.78, 5) is 25.8. The molecule has 0 unspecified atom stereocenters. The first-order chi connectivity index (χ1) is 7.99. The van der Waals surface area contributed by atoms with E-state index in [0.717, 1.165) is 6.07 Å². The Morgan fingerprint density at radius 3 is 2.41 bits per heavy atom. The smallest absolute Gasteiger partial charge is 0.354 e. The Morgan fingerprint density at radius 1 is 1.12 bits per heavy atom. The van der Waals surface area contributed by atoms with E-state index < -0.39 is 11.9 Å². The fraction of sp³-hybridized carbons (Fsp3) is 0. The predicted molar refractivity (Wildman–Crippen MR) is 63.4 cm³/mol. The second kappa shape index (κ2) is 4.14. The molecule has 0 spiro atoms. The van der Waals surface area contributed by atoms with E-state index in [2.05, 4.69) is 20.9 Å². The van der Waals surface area contributed by atoms with Crippen LogP contribution in [0.4, 0.5) is 0 Å². The van der Waals surface area contributed by atoms with Gasteiger partial charge in [-0.3, -0.25) is 0 Å². The highest BCUT2D eigenvalue weighted by molar-refractivity contribution is 9.10. The molecule has 0 aliphatic heterocycles. The zero-order valence-corrected chi connectivity index (χ0v) is 9.93. The standard InChI is InChI=1S/C11H6BrNO4/c12-5-1-2-8-6(3-5)7(10(14)15)4-9(13-8)11(16)17/h1-4H,(H,14,15)(H,16,17). The summed E-state index contributed by atoms with van der Waals surface area (Å²) < 4.78 is 0.706. The van der Waals surface area contributed by atoms with Gasteiger partial charge in [-0.05, 0) is 24.3 Å². The fourth-order valence-corrected chi connectivity index (χ4v) is 1.85. The van der Waals surface area contributed by atoms with Gasteiger partial charge in [0, 0.05) is 9.86 Å². The van der Waals surface area contributed by atoms with Gasteiger partial charge in [0.05, 0.1) is 11.1 Å². The van der Waals surface area contributed by atoms with Crippen LogP contribution in [0.5, 0.6) is 0 Å². The fourth-order valence-electron chi connectivity index (χ4n) is 1.48. The summed E-state index contributed by atoms with van der Waals surface area (Å²) in [6.45, 7) is 0. The molecule has 1 aromatic heterocycles. The number of aromatic carboxylic acids is 2. The molecule has 2 rings (SSSR count). The first-order valence-corrected chi connectivity index (χ1v) is 5.35. The highest BCUT2D eigenvalue weighted by Crippen LogP contribution is 2.23. The lowest BCUT2D eigenvalue weighted by atomic mass is 10.1. The number of nitrogens with zero attached hydrogens (tertiary/aromatic N) is 1. The van der Waals surface area contributed by atoms with E-state index in [1.165, 1.54) is 0 Å². The van der Waals surface area contributed by atoms with Crippen molar-refractivity contribution in [1.82, 2.24) is 4.98 Å². The van der Waals surface area contributed by atoms with Gasteiger partial charge in [-0.1, -0.05) is 15.9 Å². The van der Waals surface area contributed by atoms with Crippen molar-refractivity contribution in [2.24, 2.45) is 0 Å². The number of rotatable bonds is 2. The molecule has 0 radical (unpaired) electrons. The maximum atomic E-state index is 11.1. The Balaban J connectivity index is 2.86. The second-order valence-corrected chi connectivity index (χ2v) is 4.24. The molecular formula is C11H6BrNO4. The number of carboxylic acid groups (broad SMARTS) is 2. The van der Waals surface area contributed by atoms with Gasteiger partial charge < -0.3 is 10.2 Å². The zero-order chi connectivity index (χ0) is 12.6. The topological polar surface area (TPSA) is 87.5 Å². The van der Waals surface area contributed by atoms with Crippen LogP contribution in [0.2, 0.25) is 0 Å². The minimum atomic E-state index is -1.25. The number of aromatic nitrogens is 1. The lowest BCUT2D eigenvalue weighted by Gasteiger charge is -2.04. The molecule has 0 saturated heterocycles. The molecule has 2 N–H and O–H groups in total. The SMILES string of the molecule is O=C(O)c1cc(C(=O)O)c2cc(Br)ccc2n1. The summed E-state index contributed by atoms with van der Waals surface area (Å²) in [7, 11) is 0. The normalized spacial score (nSPS) is 10.4. The van der Waals surface area contributed by atoms with E-state index in [0.29, 0.717) is 15.4 Å². The van der Waals surface area contributed by atoms with Gasteiger partial charge >= 0.3 is 11.9 Å². The van der Waals surface area contributed by atoms with E-state index in [4.69, 9.17) is 10.2 Å². The molecule has 0 aliphatic rings. The number of fused-ring (bicyclic) bond motifs is 1. The summed E-state index contributed by atoms with van der Waals surface area (Å²) in [6, 6.07) is 5.89. The van der Waals surface area contributed by atoms with E-state index in [1.807, 2.05) is 0 Å². The van der Waals surface area contributed by atoms with E-state index in [9.17, 15) is 9.59 Å². The highest BCUT2D eigenvalue weighted by Gasteiger charge is 2.15. The van der Waals surface area contributed by atoms with Crippen LogP contribution in [0.3, 0.4) is 0 Å². The molecule has 0 saturated carbocycles. The van der Waals surface area contributed by atoms with Crippen LogP contribution in [0.15, 0.2) is 28.7 Å². The second-order valence-electron chi connectivity index (χ2n) is 3.33. The largest absolute Gasteiger partial charge is 0.478 e. The predicted octanol–water partition coefficient (Wildman–Crippen LogP) is 2.39. The summed E-state index contributed by atoms with van der Waals surface area (Å²) in [5.74, 6) is -2.43. The monoisotopic (exact) mass is 295 g/mol. The van der Waals surface area contributed by atoms with Crippen molar-refractivity contribution < 1.29 is 19.8 Å². The van der Waals surface area contributed by atoms with Gasteiger partial charge in [-0.2, -0.15) is 0 Å². The van der Waals surface area contributed by atoms with Gasteiger partial charge in [0.2, 0.25) is 0 Å². The van der Waals surface area contributed by atoms with Crippen LogP contribution in [0.1, 0.15) is 20.8 Å². The Labute approximate surface area is 104 Å². The maximum Gasteiger partial charge on any atom is 0.354 e. The van der Waals surface area contributed by atoms with Crippen molar-refractivity contribution >= 4 is 38.8 Å². The molecule has 1 heterocycles. The maximum absolute atomic E-state index is 11.1. The zero-order valence-electron chi connectivity index (χ0n) is 8.35. The molecule has 5 nitrogen and oxygen atoms in total. The van der Waals surface area contributed by atoms with Crippen molar-refractivity contribution in [3.63, 3.8) is 0 Å². The summed E-state index contributed by atoms with van der Waals surface area (Å²) in [5, 5.41) is 18.3. The van der Waals surface area contributed by atoms with Crippen LogP contribution in [0, 0.1) is 0 Å². The van der Waals surface area contributed by atoms with Crippen LogP contribution >= 0.6 is 15.9 Å². The van der Waals surface area contributed by atoms with Gasteiger partial charge in [0.1, 0.15) is 5.69 Å². The number of hydrogen-bond donors (Lipinski definition) is 2. The van der Waals surface area contributed by atoms with E-state index >= 15 is 0 Å². The van der Waals surface area contributed by atoms with Crippen molar-refractivity contribution in [3.8, 4) is 0 Å². The lowest BCUT2D eigenvalue weighted by molar-refractivity contribution is 0.0691. The number of benzene rings is 1. The Hall–Kier alpha value is -1.95. The third-order valence-corrected chi connectivity index (χ3v) is 2.71. The third kappa shape index (κ3) is 2.12. The van der Waals surface area contributed by atoms with Gasteiger partial charge in [0.25, 0.3) is 0 Å². The molecule has 86 valence electrons. The number of halogens is 1. The minimum absolute atomic E-state index is 0.0753. The molecule has 0 bridgehead atoms. The molecule has 0 aliphatic carbocycles.